The van der Waals surface area contributed by atoms with Crippen molar-refractivity contribution >= 4 is 34.9 Å². The first-order valence-electron chi connectivity index (χ1n) is 8.69. The van der Waals surface area contributed by atoms with Gasteiger partial charge in [-0.25, -0.2) is 4.79 Å². The zero-order valence-corrected chi connectivity index (χ0v) is 15.2. The Morgan fingerprint density at radius 2 is 1.62 bits per heavy atom. The van der Waals surface area contributed by atoms with Gasteiger partial charge in [0, 0.05) is 29.5 Å². The summed E-state index contributed by atoms with van der Waals surface area (Å²) < 4.78 is 5.02. The number of anilines is 2. The molecule has 3 rings (SSSR count). The highest BCUT2D eigenvalue weighted by atomic mass is 35.5. The lowest BCUT2D eigenvalue weighted by Crippen LogP contribution is -2.29. The van der Waals surface area contributed by atoms with Gasteiger partial charge in [-0.05, 0) is 67.8 Å². The molecule has 0 radical (unpaired) electrons. The fourth-order valence-corrected chi connectivity index (χ4v) is 3.03. The van der Waals surface area contributed by atoms with Crippen molar-refractivity contribution in [2.45, 2.75) is 19.3 Å². The van der Waals surface area contributed by atoms with Gasteiger partial charge in [-0.1, -0.05) is 11.6 Å². The van der Waals surface area contributed by atoms with Gasteiger partial charge < -0.3 is 15.0 Å². The maximum absolute atomic E-state index is 12.0. The van der Waals surface area contributed by atoms with Crippen LogP contribution in [0.3, 0.4) is 0 Å². The smallest absolute Gasteiger partial charge is 0.338 e. The average molecular weight is 373 g/mol. The van der Waals surface area contributed by atoms with Crippen molar-refractivity contribution in [1.29, 1.82) is 0 Å². The Morgan fingerprint density at radius 1 is 0.962 bits per heavy atom. The predicted octanol–water partition coefficient (Wildman–Crippen LogP) is 4.13. The number of hydrogen-bond acceptors (Lipinski definition) is 4. The fraction of sp³-hybridized carbons (Fsp3) is 0.300. The molecular formula is C20H21ClN2O3. The van der Waals surface area contributed by atoms with E-state index in [0.717, 1.165) is 18.8 Å². The number of piperidine rings is 1. The quantitative estimate of drug-likeness (QED) is 0.802. The number of ether oxygens (including phenoxy) is 1. The number of carbonyl (C=O) groups is 2. The minimum Gasteiger partial charge on any atom is -0.452 e. The number of nitrogens with one attached hydrogen (secondary N) is 1. The molecule has 2 aromatic rings. The number of nitrogens with zero attached hydrogens (tertiary/aromatic N) is 1. The third kappa shape index (κ3) is 4.99. The van der Waals surface area contributed by atoms with E-state index in [1.54, 1.807) is 24.3 Å². The highest BCUT2D eigenvalue weighted by Gasteiger charge is 2.12. The van der Waals surface area contributed by atoms with Crippen LogP contribution in [0.25, 0.3) is 0 Å². The predicted molar refractivity (Wildman–Crippen MR) is 103 cm³/mol. The maximum atomic E-state index is 12.0. The summed E-state index contributed by atoms with van der Waals surface area (Å²) in [6.07, 6.45) is 3.73. The van der Waals surface area contributed by atoms with Crippen molar-refractivity contribution in [1.82, 2.24) is 0 Å². The third-order valence-electron chi connectivity index (χ3n) is 4.29. The van der Waals surface area contributed by atoms with Crippen molar-refractivity contribution in [3.05, 3.63) is 59.1 Å². The zero-order valence-electron chi connectivity index (χ0n) is 14.4. The van der Waals surface area contributed by atoms with E-state index in [1.165, 1.54) is 19.3 Å². The van der Waals surface area contributed by atoms with Gasteiger partial charge >= 0.3 is 5.97 Å². The Bertz CT molecular complexity index is 754. The molecule has 1 fully saturated rings. The summed E-state index contributed by atoms with van der Waals surface area (Å²) in [6, 6.07) is 14.0. The number of rotatable bonds is 5. The minimum absolute atomic E-state index is 0.338. The summed E-state index contributed by atoms with van der Waals surface area (Å²) in [5.74, 6) is -0.935. The molecule has 1 amide bonds. The Morgan fingerprint density at radius 3 is 2.27 bits per heavy atom. The van der Waals surface area contributed by atoms with E-state index in [0.29, 0.717) is 16.3 Å². The van der Waals surface area contributed by atoms with Gasteiger partial charge in [-0.3, -0.25) is 4.79 Å². The topological polar surface area (TPSA) is 58.6 Å². The van der Waals surface area contributed by atoms with E-state index in [9.17, 15) is 9.59 Å². The molecule has 0 atom stereocenters. The Balaban J connectivity index is 1.48. The molecule has 26 heavy (non-hydrogen) atoms. The molecule has 0 saturated carbocycles. The molecule has 6 heteroatoms. The first kappa shape index (κ1) is 18.3. The second-order valence-corrected chi connectivity index (χ2v) is 6.66. The molecule has 0 aliphatic carbocycles. The highest BCUT2D eigenvalue weighted by Crippen LogP contribution is 2.21. The lowest BCUT2D eigenvalue weighted by Gasteiger charge is -2.28. The van der Waals surface area contributed by atoms with Crippen LogP contribution in [0.1, 0.15) is 29.6 Å². The van der Waals surface area contributed by atoms with E-state index in [4.69, 9.17) is 16.3 Å². The normalized spacial score (nSPS) is 14.0. The first-order valence-corrected chi connectivity index (χ1v) is 9.07. The molecule has 5 nitrogen and oxygen atoms in total. The molecule has 2 aromatic carbocycles. The van der Waals surface area contributed by atoms with E-state index < -0.39 is 5.97 Å². The second kappa shape index (κ2) is 8.72. The van der Waals surface area contributed by atoms with Gasteiger partial charge in [0.1, 0.15) is 0 Å². The van der Waals surface area contributed by atoms with E-state index in [2.05, 4.69) is 10.2 Å². The molecule has 136 valence electrons. The van der Waals surface area contributed by atoms with Crippen LogP contribution in [0.4, 0.5) is 11.4 Å². The fourth-order valence-electron chi connectivity index (χ4n) is 2.91. The molecule has 0 unspecified atom stereocenters. The van der Waals surface area contributed by atoms with Crippen LogP contribution in [0, 0.1) is 0 Å². The average Bonchev–Trinajstić information content (AvgIpc) is 2.68. The van der Waals surface area contributed by atoms with Crippen LogP contribution >= 0.6 is 11.6 Å². The molecule has 1 aliphatic heterocycles. The SMILES string of the molecule is O=C(COC(=O)c1ccc(Cl)cc1)Nc1ccc(N2CCCCC2)cc1. The molecule has 0 bridgehead atoms. The number of halogens is 1. The van der Waals surface area contributed by atoms with Crippen molar-refractivity contribution in [2.75, 3.05) is 29.9 Å². The van der Waals surface area contributed by atoms with Crippen LogP contribution in [0.5, 0.6) is 0 Å². The molecule has 1 aliphatic rings. The van der Waals surface area contributed by atoms with Gasteiger partial charge in [-0.2, -0.15) is 0 Å². The summed E-state index contributed by atoms with van der Waals surface area (Å²) in [4.78, 5) is 26.2. The third-order valence-corrected chi connectivity index (χ3v) is 4.54. The van der Waals surface area contributed by atoms with Crippen LogP contribution < -0.4 is 10.2 Å². The van der Waals surface area contributed by atoms with Crippen LogP contribution in [0.2, 0.25) is 5.02 Å². The van der Waals surface area contributed by atoms with Gasteiger partial charge in [0.2, 0.25) is 0 Å². The van der Waals surface area contributed by atoms with Crippen molar-refractivity contribution in [3.8, 4) is 0 Å². The number of carbonyl (C=O) groups excluding carboxylic acids is 2. The second-order valence-electron chi connectivity index (χ2n) is 6.23. The van der Waals surface area contributed by atoms with Crippen LogP contribution in [-0.2, 0) is 9.53 Å². The number of amides is 1. The van der Waals surface area contributed by atoms with Gasteiger partial charge in [-0.15, -0.1) is 0 Å². The lowest BCUT2D eigenvalue weighted by atomic mass is 10.1. The minimum atomic E-state index is -0.558. The van der Waals surface area contributed by atoms with E-state index in [1.807, 2.05) is 24.3 Å². The van der Waals surface area contributed by atoms with Crippen LogP contribution in [0.15, 0.2) is 48.5 Å². The van der Waals surface area contributed by atoms with Gasteiger partial charge in [0.25, 0.3) is 5.91 Å². The highest BCUT2D eigenvalue weighted by molar-refractivity contribution is 6.30. The lowest BCUT2D eigenvalue weighted by molar-refractivity contribution is -0.119. The molecule has 1 saturated heterocycles. The summed E-state index contributed by atoms with van der Waals surface area (Å²) in [6.45, 7) is 1.81. The maximum Gasteiger partial charge on any atom is 0.338 e. The number of esters is 1. The standard InChI is InChI=1S/C20H21ClN2O3/c21-16-6-4-15(5-7-16)20(25)26-14-19(24)22-17-8-10-18(11-9-17)23-12-2-1-3-13-23/h4-11H,1-3,12-14H2,(H,22,24). The summed E-state index contributed by atoms with van der Waals surface area (Å²) >= 11 is 5.78. The van der Waals surface area contributed by atoms with Crippen LogP contribution in [-0.4, -0.2) is 31.6 Å². The van der Waals surface area contributed by atoms with Crippen molar-refractivity contribution in [3.63, 3.8) is 0 Å². The monoisotopic (exact) mass is 372 g/mol. The molecule has 1 N–H and O–H groups in total. The first-order chi connectivity index (χ1) is 12.6. The molecule has 0 aromatic heterocycles. The van der Waals surface area contributed by atoms with Gasteiger partial charge in [0.05, 0.1) is 5.56 Å². The number of benzene rings is 2. The summed E-state index contributed by atoms with van der Waals surface area (Å²) in [5, 5.41) is 3.27. The largest absolute Gasteiger partial charge is 0.452 e. The molecule has 1 heterocycles. The van der Waals surface area contributed by atoms with E-state index in [-0.39, 0.29) is 12.5 Å². The summed E-state index contributed by atoms with van der Waals surface area (Å²) in [7, 11) is 0. The van der Waals surface area contributed by atoms with Crippen molar-refractivity contribution < 1.29 is 14.3 Å². The summed E-state index contributed by atoms with van der Waals surface area (Å²) in [5.41, 5.74) is 2.20. The Hall–Kier alpha value is -2.53. The van der Waals surface area contributed by atoms with Crippen molar-refractivity contribution in [2.24, 2.45) is 0 Å². The Kier molecular flexibility index (Phi) is 6.12. The zero-order chi connectivity index (χ0) is 18.4. The van der Waals surface area contributed by atoms with E-state index >= 15 is 0 Å². The van der Waals surface area contributed by atoms with Gasteiger partial charge in [0.15, 0.2) is 6.61 Å². The number of hydrogen-bond donors (Lipinski definition) is 1. The molecular weight excluding hydrogens is 352 g/mol. The molecule has 0 spiro atoms. The Labute approximate surface area is 157 Å².